The van der Waals surface area contributed by atoms with Crippen LogP contribution >= 0.6 is 11.3 Å². The Balaban J connectivity index is 1.46. The Labute approximate surface area is 242 Å². The number of hydrogen-bond acceptors (Lipinski definition) is 1. The van der Waals surface area contributed by atoms with E-state index in [0.717, 1.165) is 5.70 Å². The molecule has 1 nitrogen and oxygen atoms in total. The highest BCUT2D eigenvalue weighted by atomic mass is 32.1. The number of allylic oxidation sites excluding steroid dienone is 2. The molecule has 0 bridgehead atoms. The van der Waals surface area contributed by atoms with E-state index < -0.39 is 0 Å². The van der Waals surface area contributed by atoms with Crippen molar-refractivity contribution in [2.75, 3.05) is 0 Å². The van der Waals surface area contributed by atoms with Gasteiger partial charge in [0.25, 0.3) is 0 Å². The number of aryl methyl sites for hydroxylation is 1. The Morgan fingerprint density at radius 1 is 0.634 bits per heavy atom. The second-order valence-electron chi connectivity index (χ2n) is 10.6. The van der Waals surface area contributed by atoms with Crippen molar-refractivity contribution >= 4 is 70.5 Å². The Morgan fingerprint density at radius 2 is 1.24 bits per heavy atom. The maximum Gasteiger partial charge on any atom is 0.0551 e. The lowest BCUT2D eigenvalue weighted by molar-refractivity contribution is 1.22. The van der Waals surface area contributed by atoms with E-state index in [4.69, 9.17) is 0 Å². The molecule has 2 heterocycles. The fourth-order valence-corrected chi connectivity index (χ4v) is 7.65. The maximum absolute atomic E-state index is 4.12. The van der Waals surface area contributed by atoms with E-state index in [1.807, 2.05) is 17.4 Å². The minimum Gasteiger partial charge on any atom is -0.309 e. The van der Waals surface area contributed by atoms with E-state index in [1.165, 1.54) is 75.0 Å². The third kappa shape index (κ3) is 3.61. The zero-order chi connectivity index (χ0) is 27.5. The Hall–Kier alpha value is -4.92. The van der Waals surface area contributed by atoms with Gasteiger partial charge in [0.15, 0.2) is 0 Å². The highest BCUT2D eigenvalue weighted by Gasteiger charge is 2.20. The van der Waals surface area contributed by atoms with Crippen LogP contribution in [0.1, 0.15) is 10.4 Å². The minimum atomic E-state index is 1.16. The Kier molecular flexibility index (Phi) is 5.44. The summed E-state index contributed by atoms with van der Waals surface area (Å²) in [6.07, 6.45) is 4.08. The lowest BCUT2D eigenvalue weighted by Crippen LogP contribution is -1.99. The SMILES string of the molecule is C=C/C=C(\c1c(C)sc2ccccc12)n1c2ccccc2c2cc(-c3c4ccccc4cc4ccccc34)ccc21. The largest absolute Gasteiger partial charge is 0.309 e. The van der Waals surface area contributed by atoms with Crippen LogP contribution in [0.15, 0.2) is 140 Å². The first kappa shape index (κ1) is 23.9. The van der Waals surface area contributed by atoms with Gasteiger partial charge in [-0.1, -0.05) is 104 Å². The van der Waals surface area contributed by atoms with Crippen molar-refractivity contribution in [2.24, 2.45) is 0 Å². The molecule has 0 amide bonds. The third-order valence-electron chi connectivity index (χ3n) is 8.28. The van der Waals surface area contributed by atoms with Crippen molar-refractivity contribution < 1.29 is 0 Å². The second-order valence-corrected chi connectivity index (χ2v) is 11.9. The van der Waals surface area contributed by atoms with Gasteiger partial charge in [-0.05, 0) is 76.0 Å². The molecule has 194 valence electrons. The molecule has 0 unspecified atom stereocenters. The average Bonchev–Trinajstić information content (AvgIpc) is 3.52. The highest BCUT2D eigenvalue weighted by Crippen LogP contribution is 2.43. The number of benzene rings is 6. The standard InChI is InChI=1S/C39H27NS/c1-3-12-36(38-25(2)41-37-20-11-9-18-32(37)38)40-34-19-10-8-17-31(34)33-24-28(21-22-35(33)40)39-29-15-6-4-13-26(29)23-27-14-5-7-16-30(27)39/h3-24H,1H2,2H3/b36-12+. The summed E-state index contributed by atoms with van der Waals surface area (Å²) in [4.78, 5) is 1.31. The van der Waals surface area contributed by atoms with E-state index in [0.29, 0.717) is 0 Å². The molecular weight excluding hydrogens is 515 g/mol. The lowest BCUT2D eigenvalue weighted by Gasteiger charge is -2.15. The molecule has 0 saturated heterocycles. The summed E-state index contributed by atoms with van der Waals surface area (Å²) >= 11 is 1.85. The second kappa shape index (κ2) is 9.33. The normalized spacial score (nSPS) is 12.3. The van der Waals surface area contributed by atoms with Gasteiger partial charge in [-0.2, -0.15) is 0 Å². The molecule has 2 heteroatoms. The van der Waals surface area contributed by atoms with Gasteiger partial charge in [0.1, 0.15) is 0 Å². The summed E-state index contributed by atoms with van der Waals surface area (Å²) < 4.78 is 3.74. The first-order chi connectivity index (χ1) is 20.2. The molecule has 8 aromatic rings. The summed E-state index contributed by atoms with van der Waals surface area (Å²) in [5.41, 5.74) is 7.35. The molecule has 0 radical (unpaired) electrons. The molecule has 0 spiro atoms. The van der Waals surface area contributed by atoms with Crippen LogP contribution in [0.2, 0.25) is 0 Å². The Morgan fingerprint density at radius 3 is 1.98 bits per heavy atom. The summed E-state index contributed by atoms with van der Waals surface area (Å²) in [7, 11) is 0. The van der Waals surface area contributed by atoms with Gasteiger partial charge >= 0.3 is 0 Å². The van der Waals surface area contributed by atoms with Gasteiger partial charge in [-0.3, -0.25) is 0 Å². The van der Waals surface area contributed by atoms with Crippen LogP contribution in [0, 0.1) is 6.92 Å². The first-order valence-electron chi connectivity index (χ1n) is 14.0. The smallest absolute Gasteiger partial charge is 0.0551 e. The fourth-order valence-electron chi connectivity index (χ4n) is 6.58. The van der Waals surface area contributed by atoms with Gasteiger partial charge in [-0.15, -0.1) is 11.3 Å². The van der Waals surface area contributed by atoms with Crippen LogP contribution in [-0.2, 0) is 0 Å². The summed E-state index contributed by atoms with van der Waals surface area (Å²) in [5.74, 6) is 0. The highest BCUT2D eigenvalue weighted by molar-refractivity contribution is 7.19. The fraction of sp³-hybridized carbons (Fsp3) is 0.0256. The Bertz CT molecular complexity index is 2290. The van der Waals surface area contributed by atoms with Crippen LogP contribution in [0.25, 0.3) is 70.3 Å². The van der Waals surface area contributed by atoms with Crippen molar-refractivity contribution in [1.29, 1.82) is 0 Å². The number of fused-ring (bicyclic) bond motifs is 6. The van der Waals surface area contributed by atoms with Crippen molar-refractivity contribution in [3.63, 3.8) is 0 Å². The van der Waals surface area contributed by atoms with Crippen LogP contribution in [0.5, 0.6) is 0 Å². The molecule has 0 atom stereocenters. The van der Waals surface area contributed by atoms with Crippen molar-refractivity contribution in [2.45, 2.75) is 6.92 Å². The molecule has 0 fully saturated rings. The molecule has 8 rings (SSSR count). The summed E-state index contributed by atoms with van der Waals surface area (Å²) in [6, 6.07) is 44.3. The zero-order valence-electron chi connectivity index (χ0n) is 22.8. The first-order valence-corrected chi connectivity index (χ1v) is 14.8. The molecule has 0 saturated carbocycles. The van der Waals surface area contributed by atoms with Gasteiger partial charge in [0, 0.05) is 31.3 Å². The van der Waals surface area contributed by atoms with E-state index in [-0.39, 0.29) is 0 Å². The number of hydrogen-bond donors (Lipinski definition) is 0. The van der Waals surface area contributed by atoms with Crippen molar-refractivity contribution in [3.8, 4) is 11.1 Å². The van der Waals surface area contributed by atoms with E-state index in [2.05, 4.69) is 145 Å². The topological polar surface area (TPSA) is 4.93 Å². The lowest BCUT2D eigenvalue weighted by atomic mass is 9.91. The van der Waals surface area contributed by atoms with Gasteiger partial charge < -0.3 is 4.57 Å². The zero-order valence-corrected chi connectivity index (χ0v) is 23.6. The summed E-state index contributed by atoms with van der Waals surface area (Å²) in [6.45, 7) is 6.35. The average molecular weight is 542 g/mol. The number of para-hydroxylation sites is 1. The van der Waals surface area contributed by atoms with Crippen LogP contribution in [0.4, 0.5) is 0 Å². The van der Waals surface area contributed by atoms with Crippen LogP contribution in [-0.4, -0.2) is 4.57 Å². The third-order valence-corrected chi connectivity index (χ3v) is 9.36. The van der Waals surface area contributed by atoms with Crippen molar-refractivity contribution in [3.05, 3.63) is 150 Å². The van der Waals surface area contributed by atoms with E-state index in [1.54, 1.807) is 0 Å². The quantitative estimate of drug-likeness (QED) is 0.154. The number of rotatable bonds is 4. The van der Waals surface area contributed by atoms with Crippen LogP contribution in [0.3, 0.4) is 0 Å². The molecule has 0 aliphatic rings. The minimum absolute atomic E-state index is 1.16. The predicted octanol–water partition coefficient (Wildman–Crippen LogP) is 11.4. The molecule has 41 heavy (non-hydrogen) atoms. The van der Waals surface area contributed by atoms with Gasteiger partial charge in [0.2, 0.25) is 0 Å². The molecule has 0 N–H and O–H groups in total. The molecule has 6 aromatic carbocycles. The number of aromatic nitrogens is 1. The monoisotopic (exact) mass is 541 g/mol. The van der Waals surface area contributed by atoms with Gasteiger partial charge in [-0.25, -0.2) is 0 Å². The number of nitrogens with zero attached hydrogens (tertiary/aromatic N) is 1. The van der Waals surface area contributed by atoms with Gasteiger partial charge in [0.05, 0.1) is 16.7 Å². The van der Waals surface area contributed by atoms with Crippen LogP contribution < -0.4 is 0 Å². The number of thiophene rings is 1. The summed E-state index contributed by atoms with van der Waals surface area (Å²) in [5, 5.41) is 8.87. The maximum atomic E-state index is 4.12. The van der Waals surface area contributed by atoms with E-state index in [9.17, 15) is 0 Å². The predicted molar refractivity (Wildman–Crippen MR) is 180 cm³/mol. The molecule has 2 aromatic heterocycles. The molecule has 0 aliphatic carbocycles. The molecule has 0 aliphatic heterocycles. The van der Waals surface area contributed by atoms with Crippen molar-refractivity contribution in [1.82, 2.24) is 4.57 Å². The van der Waals surface area contributed by atoms with E-state index >= 15 is 0 Å². The molecular formula is C39H27NS.